The van der Waals surface area contributed by atoms with Crippen LogP contribution in [0.2, 0.25) is 0 Å². The number of aromatic amines is 1. The first-order chi connectivity index (χ1) is 12.7. The van der Waals surface area contributed by atoms with Gasteiger partial charge in [0.15, 0.2) is 17.3 Å². The van der Waals surface area contributed by atoms with Crippen molar-refractivity contribution in [2.45, 2.75) is 13.8 Å². The molecule has 0 saturated heterocycles. The van der Waals surface area contributed by atoms with Gasteiger partial charge < -0.3 is 14.5 Å². The van der Waals surface area contributed by atoms with Gasteiger partial charge in [0, 0.05) is 0 Å². The molecule has 1 heterocycles. The average Bonchev–Trinajstić information content (AvgIpc) is 3.08. The summed E-state index contributed by atoms with van der Waals surface area (Å²) in [7, 11) is 0. The Balaban J connectivity index is 1.69. The van der Waals surface area contributed by atoms with Crippen molar-refractivity contribution in [3.8, 4) is 11.5 Å². The quantitative estimate of drug-likeness (QED) is 0.505. The van der Waals surface area contributed by atoms with Gasteiger partial charge in [0.05, 0.1) is 30.5 Å². The van der Waals surface area contributed by atoms with E-state index in [9.17, 15) is 4.79 Å². The molecule has 2 aromatic carbocycles. The zero-order valence-corrected chi connectivity index (χ0v) is 14.7. The maximum atomic E-state index is 12.1. The third-order valence-corrected chi connectivity index (χ3v) is 3.55. The second-order valence-electron chi connectivity index (χ2n) is 5.37. The minimum absolute atomic E-state index is 0.213. The van der Waals surface area contributed by atoms with Crippen molar-refractivity contribution >= 4 is 23.2 Å². The van der Waals surface area contributed by atoms with Gasteiger partial charge in [-0.15, -0.1) is 0 Å². The van der Waals surface area contributed by atoms with Crippen molar-refractivity contribution < 1.29 is 14.3 Å². The standard InChI is InChI=1S/C19H20N4O3/c1-3-25-16-10-9-13(11-17(16)26-4-2)12-20-23-19(24)18-21-14-7-5-6-8-15(14)22-18/h5-12H,3-4H2,1-2H3,(H,21,22)(H,23,24)/b20-12+. The van der Waals surface area contributed by atoms with Crippen molar-refractivity contribution in [1.82, 2.24) is 15.4 Å². The average molecular weight is 352 g/mol. The van der Waals surface area contributed by atoms with Crippen LogP contribution in [0.4, 0.5) is 0 Å². The van der Waals surface area contributed by atoms with Crippen molar-refractivity contribution in [3.05, 3.63) is 53.9 Å². The Kier molecular flexibility index (Phi) is 5.48. The second kappa shape index (κ2) is 8.15. The number of benzene rings is 2. The van der Waals surface area contributed by atoms with Gasteiger partial charge in [-0.05, 0) is 49.7 Å². The number of rotatable bonds is 7. The number of imidazole rings is 1. The molecule has 0 unspecified atom stereocenters. The van der Waals surface area contributed by atoms with Crippen LogP contribution in [-0.2, 0) is 0 Å². The fourth-order valence-corrected chi connectivity index (χ4v) is 2.43. The maximum Gasteiger partial charge on any atom is 0.307 e. The van der Waals surface area contributed by atoms with Gasteiger partial charge >= 0.3 is 5.91 Å². The summed E-state index contributed by atoms with van der Waals surface area (Å²) in [6.45, 7) is 4.91. The predicted molar refractivity (Wildman–Crippen MR) is 99.9 cm³/mol. The molecule has 0 spiro atoms. The second-order valence-corrected chi connectivity index (χ2v) is 5.37. The molecule has 26 heavy (non-hydrogen) atoms. The molecule has 0 radical (unpaired) electrons. The lowest BCUT2D eigenvalue weighted by atomic mass is 10.2. The monoisotopic (exact) mass is 352 g/mol. The molecule has 0 fully saturated rings. The summed E-state index contributed by atoms with van der Waals surface area (Å²) in [5, 5.41) is 3.98. The number of nitrogens with zero attached hydrogens (tertiary/aromatic N) is 2. The van der Waals surface area contributed by atoms with Crippen LogP contribution in [0.25, 0.3) is 11.0 Å². The van der Waals surface area contributed by atoms with E-state index in [4.69, 9.17) is 9.47 Å². The number of hydrogen-bond donors (Lipinski definition) is 2. The Hall–Kier alpha value is -3.35. The fourth-order valence-electron chi connectivity index (χ4n) is 2.43. The Morgan fingerprint density at radius 2 is 1.92 bits per heavy atom. The first-order valence-corrected chi connectivity index (χ1v) is 8.39. The molecule has 0 atom stereocenters. The van der Waals surface area contributed by atoms with Crippen molar-refractivity contribution in [2.75, 3.05) is 13.2 Å². The predicted octanol–water partition coefficient (Wildman–Crippen LogP) is 3.12. The first-order valence-electron chi connectivity index (χ1n) is 8.39. The Morgan fingerprint density at radius 1 is 1.15 bits per heavy atom. The van der Waals surface area contributed by atoms with Gasteiger partial charge in [0.1, 0.15) is 0 Å². The minimum Gasteiger partial charge on any atom is -0.490 e. The van der Waals surface area contributed by atoms with Crippen LogP contribution in [0.5, 0.6) is 11.5 Å². The Morgan fingerprint density at radius 3 is 2.69 bits per heavy atom. The fraction of sp³-hybridized carbons (Fsp3) is 0.211. The van der Waals surface area contributed by atoms with Crippen molar-refractivity contribution in [2.24, 2.45) is 5.10 Å². The molecule has 1 amide bonds. The molecule has 0 aliphatic carbocycles. The summed E-state index contributed by atoms with van der Waals surface area (Å²) < 4.78 is 11.1. The Bertz CT molecular complexity index is 900. The molecule has 134 valence electrons. The number of carbonyl (C=O) groups excluding carboxylic acids is 1. The largest absolute Gasteiger partial charge is 0.490 e. The number of H-pyrrole nitrogens is 1. The number of fused-ring (bicyclic) bond motifs is 1. The summed E-state index contributed by atoms with van der Waals surface area (Å²) in [4.78, 5) is 19.3. The van der Waals surface area contributed by atoms with Gasteiger partial charge in [0.25, 0.3) is 0 Å². The van der Waals surface area contributed by atoms with E-state index < -0.39 is 5.91 Å². The van der Waals surface area contributed by atoms with E-state index in [1.165, 1.54) is 0 Å². The van der Waals surface area contributed by atoms with Crippen LogP contribution >= 0.6 is 0 Å². The van der Waals surface area contributed by atoms with Gasteiger partial charge in [-0.25, -0.2) is 10.4 Å². The summed E-state index contributed by atoms with van der Waals surface area (Å²) in [6.07, 6.45) is 1.54. The minimum atomic E-state index is -0.409. The molecule has 0 bridgehead atoms. The molecule has 2 N–H and O–H groups in total. The molecule has 0 aliphatic rings. The number of aromatic nitrogens is 2. The highest BCUT2D eigenvalue weighted by atomic mass is 16.5. The van der Waals surface area contributed by atoms with Crippen LogP contribution in [0, 0.1) is 0 Å². The van der Waals surface area contributed by atoms with Gasteiger partial charge in [-0.3, -0.25) is 4.79 Å². The lowest BCUT2D eigenvalue weighted by molar-refractivity contribution is 0.0946. The van der Waals surface area contributed by atoms with Crippen molar-refractivity contribution in [1.29, 1.82) is 0 Å². The van der Waals surface area contributed by atoms with Crippen molar-refractivity contribution in [3.63, 3.8) is 0 Å². The SMILES string of the molecule is CCOc1ccc(/C=N/NC(=O)c2nc3ccccc3[nH]2)cc1OCC. The first kappa shape index (κ1) is 17.5. The number of hydrogen-bond acceptors (Lipinski definition) is 5. The van der Waals surface area contributed by atoms with Crippen LogP contribution < -0.4 is 14.9 Å². The molecule has 7 heteroatoms. The lowest BCUT2D eigenvalue weighted by Gasteiger charge is -2.11. The molecule has 0 aliphatic heterocycles. The molecule has 0 saturated carbocycles. The highest BCUT2D eigenvalue weighted by Crippen LogP contribution is 2.27. The van der Waals surface area contributed by atoms with Crippen LogP contribution in [0.3, 0.4) is 0 Å². The number of para-hydroxylation sites is 2. The van der Waals surface area contributed by atoms with E-state index >= 15 is 0 Å². The van der Waals surface area contributed by atoms with Crippen LogP contribution in [0.1, 0.15) is 30.0 Å². The van der Waals surface area contributed by atoms with Gasteiger partial charge in [0.2, 0.25) is 0 Å². The van der Waals surface area contributed by atoms with Gasteiger partial charge in [-0.2, -0.15) is 5.10 Å². The number of hydrazone groups is 1. The van der Waals surface area contributed by atoms with Crippen LogP contribution in [-0.4, -0.2) is 35.3 Å². The van der Waals surface area contributed by atoms with E-state index in [-0.39, 0.29) is 5.82 Å². The molecule has 3 aromatic rings. The molecule has 7 nitrogen and oxygen atoms in total. The van der Waals surface area contributed by atoms with E-state index in [1.54, 1.807) is 6.21 Å². The van der Waals surface area contributed by atoms with E-state index in [0.29, 0.717) is 24.7 Å². The topological polar surface area (TPSA) is 88.6 Å². The van der Waals surface area contributed by atoms with Crippen LogP contribution in [0.15, 0.2) is 47.6 Å². The van der Waals surface area contributed by atoms with E-state index in [2.05, 4.69) is 20.5 Å². The zero-order valence-electron chi connectivity index (χ0n) is 14.7. The highest BCUT2D eigenvalue weighted by Gasteiger charge is 2.10. The number of amides is 1. The molecule has 3 rings (SSSR count). The number of nitrogens with one attached hydrogen (secondary N) is 2. The smallest absolute Gasteiger partial charge is 0.307 e. The molecule has 1 aromatic heterocycles. The molecular formula is C19H20N4O3. The zero-order chi connectivity index (χ0) is 18.4. The Labute approximate surface area is 151 Å². The normalized spacial score (nSPS) is 11.0. The van der Waals surface area contributed by atoms with Gasteiger partial charge in [-0.1, -0.05) is 12.1 Å². The third kappa shape index (κ3) is 4.00. The third-order valence-electron chi connectivity index (χ3n) is 3.55. The lowest BCUT2D eigenvalue weighted by Crippen LogP contribution is -2.19. The number of ether oxygens (including phenoxy) is 2. The number of carbonyl (C=O) groups is 1. The van der Waals surface area contributed by atoms with E-state index in [0.717, 1.165) is 16.6 Å². The summed E-state index contributed by atoms with van der Waals surface area (Å²) in [6, 6.07) is 12.9. The van der Waals surface area contributed by atoms with E-state index in [1.807, 2.05) is 56.3 Å². The summed E-state index contributed by atoms with van der Waals surface area (Å²) in [5.74, 6) is 1.12. The summed E-state index contributed by atoms with van der Waals surface area (Å²) in [5.41, 5.74) is 4.78. The maximum absolute atomic E-state index is 12.1. The highest BCUT2D eigenvalue weighted by molar-refractivity contribution is 5.94. The summed E-state index contributed by atoms with van der Waals surface area (Å²) >= 11 is 0. The molecular weight excluding hydrogens is 332 g/mol.